The topological polar surface area (TPSA) is 53.3 Å². The van der Waals surface area contributed by atoms with Gasteiger partial charge in [-0.2, -0.15) is 5.26 Å². The molecule has 90 valence electrons. The summed E-state index contributed by atoms with van der Waals surface area (Å²) in [4.78, 5) is 13.0. The van der Waals surface area contributed by atoms with Crippen LogP contribution in [0.5, 0.6) is 5.75 Å². The Hall–Kier alpha value is -2.02. The smallest absolute Gasteiger partial charge is 0.236 e. The summed E-state index contributed by atoms with van der Waals surface area (Å²) < 4.78 is 5.17. The quantitative estimate of drug-likeness (QED) is 0.796. The van der Waals surface area contributed by atoms with Crippen molar-refractivity contribution >= 4 is 5.91 Å². The van der Waals surface area contributed by atoms with Crippen LogP contribution in [-0.2, 0) is 11.3 Å². The first-order valence-corrected chi connectivity index (χ1v) is 5.33. The van der Waals surface area contributed by atoms with E-state index in [4.69, 9.17) is 10.00 Å². The van der Waals surface area contributed by atoms with Gasteiger partial charge < -0.3 is 9.64 Å². The molecular formula is C13H16N2O2. The number of rotatable bonds is 4. The molecule has 1 aromatic rings. The molecule has 0 aromatic heterocycles. The van der Waals surface area contributed by atoms with E-state index < -0.39 is 0 Å². The predicted octanol–water partition coefficient (Wildman–Crippen LogP) is 1.88. The first kappa shape index (κ1) is 13.0. The van der Waals surface area contributed by atoms with Crippen molar-refractivity contribution in [1.29, 1.82) is 5.26 Å². The third-order valence-electron chi connectivity index (χ3n) is 2.54. The first-order valence-electron chi connectivity index (χ1n) is 5.33. The van der Waals surface area contributed by atoms with Crippen LogP contribution < -0.4 is 4.74 Å². The summed E-state index contributed by atoms with van der Waals surface area (Å²) in [6, 6.07) is 7.63. The van der Waals surface area contributed by atoms with Crippen molar-refractivity contribution in [3.05, 3.63) is 29.3 Å². The number of ether oxygens (including phenoxy) is 1. The molecule has 1 aromatic carbocycles. The summed E-state index contributed by atoms with van der Waals surface area (Å²) >= 11 is 0. The zero-order valence-electron chi connectivity index (χ0n) is 10.4. The largest absolute Gasteiger partial charge is 0.496 e. The van der Waals surface area contributed by atoms with E-state index in [1.165, 1.54) is 0 Å². The highest BCUT2D eigenvalue weighted by Gasteiger charge is 2.09. The van der Waals surface area contributed by atoms with Gasteiger partial charge in [0.25, 0.3) is 0 Å². The van der Waals surface area contributed by atoms with Gasteiger partial charge in [0.2, 0.25) is 5.91 Å². The minimum absolute atomic E-state index is 0.0777. The molecule has 0 aliphatic heterocycles. The third-order valence-corrected chi connectivity index (χ3v) is 2.54. The van der Waals surface area contributed by atoms with Crippen LogP contribution in [0.15, 0.2) is 18.2 Å². The number of benzene rings is 1. The molecule has 4 nitrogen and oxygen atoms in total. The van der Waals surface area contributed by atoms with Crippen molar-refractivity contribution in [3.63, 3.8) is 0 Å². The van der Waals surface area contributed by atoms with Crippen LogP contribution in [0.25, 0.3) is 0 Å². The second-order valence-corrected chi connectivity index (χ2v) is 3.89. The van der Waals surface area contributed by atoms with E-state index >= 15 is 0 Å². The van der Waals surface area contributed by atoms with Crippen molar-refractivity contribution in [1.82, 2.24) is 4.90 Å². The summed E-state index contributed by atoms with van der Waals surface area (Å²) in [6.45, 7) is 2.46. The summed E-state index contributed by atoms with van der Waals surface area (Å²) in [5, 5.41) is 8.45. The second-order valence-electron chi connectivity index (χ2n) is 3.89. The van der Waals surface area contributed by atoms with E-state index in [-0.39, 0.29) is 12.3 Å². The van der Waals surface area contributed by atoms with Gasteiger partial charge in [-0.25, -0.2) is 0 Å². The van der Waals surface area contributed by atoms with Crippen molar-refractivity contribution in [2.24, 2.45) is 0 Å². The van der Waals surface area contributed by atoms with E-state index in [0.29, 0.717) is 6.54 Å². The molecule has 0 spiro atoms. The Morgan fingerprint density at radius 3 is 2.76 bits per heavy atom. The lowest BCUT2D eigenvalue weighted by Crippen LogP contribution is -2.25. The maximum atomic E-state index is 11.4. The molecule has 4 heteroatoms. The summed E-state index contributed by atoms with van der Waals surface area (Å²) in [6.07, 6.45) is -0.0777. The first-order chi connectivity index (χ1) is 8.08. The summed E-state index contributed by atoms with van der Waals surface area (Å²) in [5.74, 6) is 0.667. The van der Waals surface area contributed by atoms with Gasteiger partial charge in [0.1, 0.15) is 12.2 Å². The Morgan fingerprint density at radius 1 is 1.53 bits per heavy atom. The lowest BCUT2D eigenvalue weighted by molar-refractivity contribution is -0.129. The van der Waals surface area contributed by atoms with Gasteiger partial charge in [-0.3, -0.25) is 4.79 Å². The number of carbonyl (C=O) groups excluding carboxylic acids is 1. The van der Waals surface area contributed by atoms with E-state index in [1.54, 1.807) is 19.1 Å². The number of hydrogen-bond acceptors (Lipinski definition) is 3. The van der Waals surface area contributed by atoms with Gasteiger partial charge in [-0.15, -0.1) is 0 Å². The maximum absolute atomic E-state index is 11.4. The second kappa shape index (κ2) is 5.90. The molecule has 0 bridgehead atoms. The maximum Gasteiger partial charge on any atom is 0.236 e. The number of amides is 1. The third kappa shape index (κ3) is 3.49. The lowest BCUT2D eigenvalue weighted by Gasteiger charge is -2.16. The number of nitriles is 1. The number of hydrogen-bond donors (Lipinski definition) is 0. The van der Waals surface area contributed by atoms with E-state index in [9.17, 15) is 4.79 Å². The summed E-state index contributed by atoms with van der Waals surface area (Å²) in [7, 11) is 3.32. The molecule has 1 rings (SSSR count). The Bertz CT molecular complexity index is 449. The number of aryl methyl sites for hydroxylation is 1. The van der Waals surface area contributed by atoms with Crippen LogP contribution in [0.1, 0.15) is 17.5 Å². The molecular weight excluding hydrogens is 216 g/mol. The van der Waals surface area contributed by atoms with Crippen LogP contribution in [0.3, 0.4) is 0 Å². The fourth-order valence-corrected chi connectivity index (χ4v) is 1.60. The van der Waals surface area contributed by atoms with Gasteiger partial charge in [-0.1, -0.05) is 12.1 Å². The zero-order chi connectivity index (χ0) is 12.8. The molecule has 0 heterocycles. The van der Waals surface area contributed by atoms with Crippen molar-refractivity contribution < 1.29 is 9.53 Å². The number of carbonyl (C=O) groups is 1. The van der Waals surface area contributed by atoms with Crippen LogP contribution in [0, 0.1) is 18.3 Å². The van der Waals surface area contributed by atoms with Crippen LogP contribution >= 0.6 is 0 Å². The van der Waals surface area contributed by atoms with Gasteiger partial charge in [-0.05, 0) is 24.1 Å². The zero-order valence-corrected chi connectivity index (χ0v) is 10.4. The van der Waals surface area contributed by atoms with Gasteiger partial charge in [0.15, 0.2) is 0 Å². The molecule has 0 atom stereocenters. The van der Waals surface area contributed by atoms with Crippen molar-refractivity contribution in [3.8, 4) is 11.8 Å². The van der Waals surface area contributed by atoms with E-state index in [2.05, 4.69) is 0 Å². The molecule has 0 radical (unpaired) electrons. The molecule has 0 aliphatic carbocycles. The monoisotopic (exact) mass is 232 g/mol. The fraction of sp³-hybridized carbons (Fsp3) is 0.385. The van der Waals surface area contributed by atoms with Crippen LogP contribution in [0.2, 0.25) is 0 Å². The van der Waals surface area contributed by atoms with Crippen LogP contribution in [0.4, 0.5) is 0 Å². The Morgan fingerprint density at radius 2 is 2.24 bits per heavy atom. The number of methoxy groups -OCH3 is 1. The van der Waals surface area contributed by atoms with E-state index in [1.807, 2.05) is 31.2 Å². The highest BCUT2D eigenvalue weighted by Crippen LogP contribution is 2.19. The Kier molecular flexibility index (Phi) is 4.53. The lowest BCUT2D eigenvalue weighted by atomic mass is 10.1. The summed E-state index contributed by atoms with van der Waals surface area (Å²) in [5.41, 5.74) is 2.06. The fourth-order valence-electron chi connectivity index (χ4n) is 1.60. The van der Waals surface area contributed by atoms with Gasteiger partial charge in [0, 0.05) is 13.6 Å². The van der Waals surface area contributed by atoms with Crippen molar-refractivity contribution in [2.45, 2.75) is 19.9 Å². The molecule has 0 fully saturated rings. The van der Waals surface area contributed by atoms with Gasteiger partial charge >= 0.3 is 0 Å². The minimum atomic E-state index is -0.166. The number of nitrogens with zero attached hydrogens (tertiary/aromatic N) is 2. The normalized spacial score (nSPS) is 9.53. The molecule has 0 saturated carbocycles. The van der Waals surface area contributed by atoms with Crippen molar-refractivity contribution in [2.75, 3.05) is 14.2 Å². The average Bonchev–Trinajstić information content (AvgIpc) is 2.29. The molecule has 0 saturated heterocycles. The molecule has 17 heavy (non-hydrogen) atoms. The molecule has 1 amide bonds. The Labute approximate surface area is 101 Å². The van der Waals surface area contributed by atoms with Crippen LogP contribution in [-0.4, -0.2) is 25.0 Å². The molecule has 0 unspecified atom stereocenters. The Balaban J connectivity index is 2.73. The molecule has 0 N–H and O–H groups in total. The van der Waals surface area contributed by atoms with E-state index in [0.717, 1.165) is 16.9 Å². The highest BCUT2D eigenvalue weighted by atomic mass is 16.5. The standard InChI is InChI=1S/C13H16N2O2/c1-10-8-11(4-5-12(10)17-3)9-15(2)13(16)6-7-14/h4-5,8H,6,9H2,1-3H3. The molecule has 0 aliphatic rings. The van der Waals surface area contributed by atoms with Gasteiger partial charge in [0.05, 0.1) is 13.2 Å². The SMILES string of the molecule is COc1ccc(CN(C)C(=O)CC#N)cc1C. The predicted molar refractivity (Wildman–Crippen MR) is 64.4 cm³/mol. The average molecular weight is 232 g/mol. The minimum Gasteiger partial charge on any atom is -0.496 e. The highest BCUT2D eigenvalue weighted by molar-refractivity contribution is 5.77.